The Labute approximate surface area is 114 Å². The summed E-state index contributed by atoms with van der Waals surface area (Å²) in [5.74, 6) is -0.335. The van der Waals surface area contributed by atoms with Crippen molar-refractivity contribution in [2.24, 2.45) is 0 Å². The van der Waals surface area contributed by atoms with E-state index in [9.17, 15) is 4.79 Å². The van der Waals surface area contributed by atoms with Crippen molar-refractivity contribution in [3.8, 4) is 0 Å². The molecule has 0 spiro atoms. The zero-order valence-corrected chi connectivity index (χ0v) is 12.0. The molecule has 0 amide bonds. The van der Waals surface area contributed by atoms with Crippen molar-refractivity contribution in [3.05, 3.63) is 28.3 Å². The van der Waals surface area contributed by atoms with Crippen LogP contribution in [0.1, 0.15) is 22.8 Å². The second-order valence-electron chi connectivity index (χ2n) is 3.61. The van der Waals surface area contributed by atoms with E-state index in [2.05, 4.69) is 6.26 Å². The first kappa shape index (κ1) is 13.1. The molecule has 17 heavy (non-hydrogen) atoms. The first-order chi connectivity index (χ1) is 8.17. The van der Waals surface area contributed by atoms with Gasteiger partial charge in [0.2, 0.25) is 0 Å². The average molecular weight is 289 g/mol. The van der Waals surface area contributed by atoms with Crippen LogP contribution in [0.5, 0.6) is 0 Å². The van der Waals surface area contributed by atoms with Gasteiger partial charge in [-0.15, -0.1) is 11.8 Å². The van der Waals surface area contributed by atoms with Crippen molar-refractivity contribution in [3.63, 3.8) is 0 Å². The molecule has 0 fully saturated rings. The van der Waals surface area contributed by atoms with Gasteiger partial charge in [0, 0.05) is 4.90 Å². The van der Waals surface area contributed by atoms with Crippen LogP contribution in [0, 0.1) is 0 Å². The van der Waals surface area contributed by atoms with Crippen LogP contribution < -0.4 is 0 Å². The van der Waals surface area contributed by atoms with Gasteiger partial charge >= 0.3 is 5.97 Å². The third-order valence-corrected chi connectivity index (χ3v) is 5.64. The van der Waals surface area contributed by atoms with Gasteiger partial charge in [-0.25, -0.2) is 4.79 Å². The van der Waals surface area contributed by atoms with Gasteiger partial charge < -0.3 is 4.74 Å². The highest BCUT2D eigenvalue weighted by Crippen LogP contribution is 2.45. The highest BCUT2D eigenvalue weighted by Gasteiger charge is 2.26. The number of hydrogen-bond donors (Lipinski definition) is 0. The first-order valence-corrected chi connectivity index (χ1v) is 7.89. The molecule has 2 nitrogen and oxygen atoms in total. The minimum Gasteiger partial charge on any atom is -0.462 e. The smallest absolute Gasteiger partial charge is 0.339 e. The Bertz CT molecular complexity index is 448. The Hall–Kier alpha value is -0.320. The summed E-state index contributed by atoms with van der Waals surface area (Å²) in [5.41, 5.74) is 1.57. The number of ether oxygens (including phenoxy) is 1. The molecule has 5 heteroatoms. The summed E-state index contributed by atoms with van der Waals surface area (Å²) in [6.45, 7) is 2.16. The van der Waals surface area contributed by atoms with E-state index in [0.29, 0.717) is 21.8 Å². The maximum atomic E-state index is 11.7. The quantitative estimate of drug-likeness (QED) is 0.789. The predicted molar refractivity (Wildman–Crippen MR) is 74.3 cm³/mol. The summed E-state index contributed by atoms with van der Waals surface area (Å²) >= 11 is 9.90. The van der Waals surface area contributed by atoms with E-state index < -0.39 is 0 Å². The number of carbonyl (C=O) groups excluding carboxylic acids is 1. The summed E-state index contributed by atoms with van der Waals surface area (Å²) in [7, 11) is 0. The lowest BCUT2D eigenvalue weighted by Gasteiger charge is -2.07. The predicted octanol–water partition coefficient (Wildman–Crippen LogP) is 3.85. The number of benzene rings is 1. The van der Waals surface area contributed by atoms with Gasteiger partial charge in [-0.05, 0) is 37.3 Å². The topological polar surface area (TPSA) is 26.3 Å². The molecule has 1 aromatic carbocycles. The molecule has 1 unspecified atom stereocenters. The number of fused-ring (bicyclic) bond motifs is 1. The SMILES string of the molecule is CCOC(=O)c1ccc2c(c1Cl)CC(SC)S2. The zero-order chi connectivity index (χ0) is 12.4. The summed E-state index contributed by atoms with van der Waals surface area (Å²) in [6, 6.07) is 3.73. The van der Waals surface area contributed by atoms with Gasteiger partial charge in [0.05, 0.1) is 21.8 Å². The van der Waals surface area contributed by atoms with Crippen molar-refractivity contribution in [1.82, 2.24) is 0 Å². The van der Waals surface area contributed by atoms with Crippen molar-refractivity contribution in [2.45, 2.75) is 22.8 Å². The first-order valence-electron chi connectivity index (χ1n) is 5.35. The monoisotopic (exact) mass is 288 g/mol. The molecule has 0 aliphatic carbocycles. The molecular formula is C12H13ClO2S2. The Morgan fingerprint density at radius 1 is 1.65 bits per heavy atom. The molecule has 1 heterocycles. The molecule has 1 aliphatic heterocycles. The summed E-state index contributed by atoms with van der Waals surface area (Å²) in [5, 5.41) is 0.560. The molecule has 0 radical (unpaired) electrons. The van der Waals surface area contributed by atoms with Crippen LogP contribution in [0.3, 0.4) is 0 Å². The van der Waals surface area contributed by atoms with E-state index in [1.165, 1.54) is 4.90 Å². The van der Waals surface area contributed by atoms with Crippen LogP contribution in [0.25, 0.3) is 0 Å². The van der Waals surface area contributed by atoms with Crippen LogP contribution in [0.2, 0.25) is 5.02 Å². The summed E-state index contributed by atoms with van der Waals surface area (Å²) in [6.07, 6.45) is 3.00. The van der Waals surface area contributed by atoms with Crippen molar-refractivity contribution < 1.29 is 9.53 Å². The summed E-state index contributed by atoms with van der Waals surface area (Å²) in [4.78, 5) is 12.9. The maximum Gasteiger partial charge on any atom is 0.339 e. The number of hydrogen-bond acceptors (Lipinski definition) is 4. The highest BCUT2D eigenvalue weighted by atomic mass is 35.5. The van der Waals surface area contributed by atoms with Crippen molar-refractivity contribution in [2.75, 3.05) is 12.9 Å². The third-order valence-electron chi connectivity index (χ3n) is 2.59. The molecule has 0 aromatic heterocycles. The fourth-order valence-corrected chi connectivity index (χ4v) is 4.16. The lowest BCUT2D eigenvalue weighted by atomic mass is 10.1. The fraction of sp³-hybridized carbons (Fsp3) is 0.417. The van der Waals surface area contributed by atoms with Crippen LogP contribution in [-0.2, 0) is 11.2 Å². The Morgan fingerprint density at radius 3 is 3.06 bits per heavy atom. The number of thioether (sulfide) groups is 2. The average Bonchev–Trinajstić information content (AvgIpc) is 2.73. The Balaban J connectivity index is 2.32. The summed E-state index contributed by atoms with van der Waals surface area (Å²) < 4.78 is 5.49. The minimum atomic E-state index is -0.335. The zero-order valence-electron chi connectivity index (χ0n) is 9.66. The fourth-order valence-electron chi connectivity index (χ4n) is 1.75. The molecule has 0 saturated heterocycles. The number of halogens is 1. The molecule has 2 rings (SSSR count). The molecule has 1 atom stereocenters. The second kappa shape index (κ2) is 5.55. The van der Waals surface area contributed by atoms with Crippen molar-refractivity contribution in [1.29, 1.82) is 0 Å². The lowest BCUT2D eigenvalue weighted by Crippen LogP contribution is -2.06. The lowest BCUT2D eigenvalue weighted by molar-refractivity contribution is 0.0526. The van der Waals surface area contributed by atoms with Gasteiger partial charge in [-0.2, -0.15) is 11.8 Å². The molecule has 0 N–H and O–H groups in total. The number of rotatable bonds is 3. The van der Waals surface area contributed by atoms with Gasteiger partial charge in [-0.1, -0.05) is 11.6 Å². The van der Waals surface area contributed by atoms with E-state index in [1.807, 2.05) is 29.6 Å². The van der Waals surface area contributed by atoms with E-state index in [-0.39, 0.29) is 5.97 Å². The van der Waals surface area contributed by atoms with Crippen LogP contribution >= 0.6 is 35.1 Å². The van der Waals surface area contributed by atoms with Gasteiger partial charge in [0.25, 0.3) is 0 Å². The number of esters is 1. The van der Waals surface area contributed by atoms with E-state index >= 15 is 0 Å². The third kappa shape index (κ3) is 2.59. The van der Waals surface area contributed by atoms with E-state index in [1.54, 1.807) is 13.0 Å². The van der Waals surface area contributed by atoms with E-state index in [4.69, 9.17) is 16.3 Å². The molecule has 0 bridgehead atoms. The minimum absolute atomic E-state index is 0.335. The van der Waals surface area contributed by atoms with Gasteiger partial charge in [-0.3, -0.25) is 0 Å². The van der Waals surface area contributed by atoms with Crippen LogP contribution in [-0.4, -0.2) is 23.4 Å². The molecule has 1 aliphatic rings. The Kier molecular flexibility index (Phi) is 4.28. The van der Waals surface area contributed by atoms with E-state index in [0.717, 1.165) is 12.0 Å². The van der Waals surface area contributed by atoms with Crippen LogP contribution in [0.4, 0.5) is 0 Å². The normalized spacial score (nSPS) is 17.9. The van der Waals surface area contributed by atoms with Gasteiger partial charge in [0.15, 0.2) is 0 Å². The highest BCUT2D eigenvalue weighted by molar-refractivity contribution is 8.17. The largest absolute Gasteiger partial charge is 0.462 e. The second-order valence-corrected chi connectivity index (χ2v) is 6.57. The maximum absolute atomic E-state index is 11.7. The van der Waals surface area contributed by atoms with Gasteiger partial charge in [0.1, 0.15) is 0 Å². The van der Waals surface area contributed by atoms with Crippen molar-refractivity contribution >= 4 is 41.1 Å². The molecule has 92 valence electrons. The molecular weight excluding hydrogens is 276 g/mol. The molecule has 0 saturated carbocycles. The van der Waals surface area contributed by atoms with Crippen LogP contribution in [0.15, 0.2) is 17.0 Å². The Morgan fingerprint density at radius 2 is 2.41 bits per heavy atom. The standard InChI is InChI=1S/C12H13ClO2S2/c1-3-15-12(14)7-4-5-9-8(11(7)13)6-10(16-2)17-9/h4-5,10H,3,6H2,1-2H3. The number of carbonyl (C=O) groups is 1. The molecule has 1 aromatic rings.